The number of aryl methyl sites for hydroxylation is 1. The summed E-state index contributed by atoms with van der Waals surface area (Å²) >= 11 is 0.933. The number of aromatic nitrogens is 2. The number of fused-ring (bicyclic) bond motifs is 1. The number of hydrogen-bond acceptors (Lipinski definition) is 10. The number of hydrogen-bond donors (Lipinski definition) is 2. The minimum Gasteiger partial charge on any atom is -0.395 e. The Morgan fingerprint density at radius 1 is 1.24 bits per heavy atom. The number of halogens is 3. The molecular formula is C27H32F3N5O4S2. The van der Waals surface area contributed by atoms with E-state index in [0.717, 1.165) is 48.4 Å². The third-order valence-electron chi connectivity index (χ3n) is 7.40. The number of benzene rings is 1. The van der Waals surface area contributed by atoms with Crippen molar-refractivity contribution in [3.05, 3.63) is 46.5 Å². The van der Waals surface area contributed by atoms with Gasteiger partial charge < -0.3 is 20.1 Å². The Labute approximate surface area is 240 Å². The first-order valence-electron chi connectivity index (χ1n) is 13.4. The molecular weight excluding hydrogens is 579 g/mol. The number of thiophene rings is 1. The van der Waals surface area contributed by atoms with E-state index in [1.165, 1.54) is 6.07 Å². The zero-order valence-corrected chi connectivity index (χ0v) is 24.4. The molecule has 5 rings (SSSR count). The quantitative estimate of drug-likeness (QED) is 0.404. The predicted molar refractivity (Wildman–Crippen MR) is 151 cm³/mol. The normalized spacial score (nSPS) is 19.6. The van der Waals surface area contributed by atoms with Crippen molar-refractivity contribution in [2.45, 2.75) is 44.0 Å². The molecule has 0 radical (unpaired) electrons. The van der Waals surface area contributed by atoms with E-state index in [9.17, 15) is 26.7 Å². The molecule has 1 atom stereocenters. The summed E-state index contributed by atoms with van der Waals surface area (Å²) in [5, 5.41) is 12.4. The van der Waals surface area contributed by atoms with Crippen LogP contribution in [0.2, 0.25) is 0 Å². The van der Waals surface area contributed by atoms with Gasteiger partial charge in [0.2, 0.25) is 5.95 Å². The molecule has 1 aromatic carbocycles. The molecule has 0 amide bonds. The number of aliphatic hydroxyl groups excluding tert-OH is 1. The van der Waals surface area contributed by atoms with E-state index in [-0.39, 0.29) is 53.0 Å². The lowest BCUT2D eigenvalue weighted by Gasteiger charge is -2.41. The van der Waals surface area contributed by atoms with Gasteiger partial charge >= 0.3 is 6.18 Å². The van der Waals surface area contributed by atoms with E-state index in [0.29, 0.717) is 23.5 Å². The Morgan fingerprint density at radius 3 is 2.76 bits per heavy atom. The van der Waals surface area contributed by atoms with Crippen molar-refractivity contribution in [1.29, 1.82) is 0 Å². The van der Waals surface area contributed by atoms with Crippen LogP contribution in [0, 0.1) is 0 Å². The molecule has 4 heterocycles. The second-order valence-corrected chi connectivity index (χ2v) is 13.3. The molecule has 3 aromatic rings. The molecule has 0 unspecified atom stereocenters. The van der Waals surface area contributed by atoms with Crippen molar-refractivity contribution in [3.63, 3.8) is 0 Å². The highest BCUT2D eigenvalue weighted by Crippen LogP contribution is 2.42. The highest BCUT2D eigenvalue weighted by Gasteiger charge is 2.37. The predicted octanol–water partition coefficient (Wildman–Crippen LogP) is 4.34. The molecule has 1 fully saturated rings. The summed E-state index contributed by atoms with van der Waals surface area (Å²) in [4.78, 5) is 13.2. The molecule has 2 aromatic heterocycles. The fourth-order valence-corrected chi connectivity index (χ4v) is 8.01. The molecule has 14 heteroatoms. The Balaban J connectivity index is 1.45. The fraction of sp³-hybridized carbons (Fsp3) is 0.481. The standard InChI is InChI=1S/C27H32F3N5O4S2/c1-3-18-12-19(35-7-6-34(8-9-36)17(2)15-35)4-5-21(18)32-26-31-14-20(27(28,29)30)25(33-26)22-13-24-23(40-22)16-39-10-11-41(24,37)38/h4-5,12-14,17,36H,3,6-11,15-16H2,1-2H3,(H,31,32,33)/t17-/m1/s1. The summed E-state index contributed by atoms with van der Waals surface area (Å²) in [5.74, 6) is -0.254. The molecule has 9 nitrogen and oxygen atoms in total. The molecule has 0 saturated carbocycles. The van der Waals surface area contributed by atoms with Crippen LogP contribution in [0.1, 0.15) is 29.9 Å². The maximum absolute atomic E-state index is 14.0. The molecule has 0 aliphatic carbocycles. The zero-order valence-electron chi connectivity index (χ0n) is 22.7. The summed E-state index contributed by atoms with van der Waals surface area (Å²) in [6.07, 6.45) is -3.34. The number of β-amino-alcohol motifs (C(OH)–C–C–N with tert-alkyl or cyclic N) is 1. The van der Waals surface area contributed by atoms with Crippen LogP contribution in [0.5, 0.6) is 0 Å². The maximum Gasteiger partial charge on any atom is 0.420 e. The van der Waals surface area contributed by atoms with Crippen molar-refractivity contribution in [3.8, 4) is 10.6 Å². The third-order valence-corrected chi connectivity index (χ3v) is 10.4. The number of anilines is 3. The molecule has 222 valence electrons. The number of alkyl halides is 3. The van der Waals surface area contributed by atoms with Gasteiger partial charge in [0.15, 0.2) is 9.84 Å². The van der Waals surface area contributed by atoms with Gasteiger partial charge in [-0.3, -0.25) is 4.90 Å². The molecule has 41 heavy (non-hydrogen) atoms. The van der Waals surface area contributed by atoms with E-state index in [1.807, 2.05) is 19.1 Å². The summed E-state index contributed by atoms with van der Waals surface area (Å²) in [7, 11) is -3.68. The van der Waals surface area contributed by atoms with Crippen molar-refractivity contribution in [2.75, 3.05) is 55.4 Å². The first-order chi connectivity index (χ1) is 19.5. The van der Waals surface area contributed by atoms with Gasteiger partial charge in [0.1, 0.15) is 5.56 Å². The monoisotopic (exact) mass is 611 g/mol. The van der Waals surface area contributed by atoms with Crippen molar-refractivity contribution in [2.24, 2.45) is 0 Å². The number of ether oxygens (including phenoxy) is 1. The van der Waals surface area contributed by atoms with Crippen molar-refractivity contribution < 1.29 is 31.4 Å². The van der Waals surface area contributed by atoms with Gasteiger partial charge in [-0.2, -0.15) is 13.2 Å². The minimum atomic E-state index is -4.74. The number of nitrogens with one attached hydrogen (secondary N) is 1. The van der Waals surface area contributed by atoms with Crippen LogP contribution in [-0.2, 0) is 33.8 Å². The van der Waals surface area contributed by atoms with Gasteiger partial charge in [-0.05, 0) is 43.2 Å². The van der Waals surface area contributed by atoms with E-state index in [2.05, 4.69) is 38.1 Å². The van der Waals surface area contributed by atoms with Crippen LogP contribution in [0.25, 0.3) is 10.6 Å². The van der Waals surface area contributed by atoms with E-state index in [1.54, 1.807) is 0 Å². The van der Waals surface area contributed by atoms with Crippen LogP contribution >= 0.6 is 11.3 Å². The van der Waals surface area contributed by atoms with Gasteiger partial charge in [0.05, 0.1) is 41.0 Å². The number of rotatable bonds is 7. The fourth-order valence-electron chi connectivity index (χ4n) is 5.18. The SMILES string of the molecule is CCc1cc(N2CCN(CCO)[C@H](C)C2)ccc1Nc1ncc(C(F)(F)F)c(-c2cc3c(s2)COCCS3(=O)=O)n1. The summed E-state index contributed by atoms with van der Waals surface area (Å²) in [5.41, 5.74) is 1.24. The van der Waals surface area contributed by atoms with Gasteiger partial charge in [0, 0.05) is 54.7 Å². The molecule has 0 spiro atoms. The summed E-state index contributed by atoms with van der Waals surface area (Å²) < 4.78 is 72.6. The molecule has 2 aliphatic heterocycles. The van der Waals surface area contributed by atoms with Crippen LogP contribution in [0.4, 0.5) is 30.5 Å². The number of nitrogens with zero attached hydrogens (tertiary/aromatic N) is 4. The average molecular weight is 612 g/mol. The summed E-state index contributed by atoms with van der Waals surface area (Å²) in [6, 6.07) is 7.44. The third kappa shape index (κ3) is 6.36. The second-order valence-electron chi connectivity index (χ2n) is 10.1. The van der Waals surface area contributed by atoms with Gasteiger partial charge in [-0.25, -0.2) is 18.4 Å². The van der Waals surface area contributed by atoms with Gasteiger partial charge in [0.25, 0.3) is 0 Å². The molecule has 0 bridgehead atoms. The Hall–Kier alpha value is -2.78. The average Bonchev–Trinajstić information content (AvgIpc) is 3.31. The van der Waals surface area contributed by atoms with Crippen LogP contribution in [0.3, 0.4) is 0 Å². The van der Waals surface area contributed by atoms with E-state index >= 15 is 0 Å². The Kier molecular flexibility index (Phi) is 8.58. The van der Waals surface area contributed by atoms with Crippen LogP contribution in [-0.4, -0.2) is 79.6 Å². The second kappa shape index (κ2) is 11.8. The van der Waals surface area contributed by atoms with E-state index < -0.39 is 21.6 Å². The lowest BCUT2D eigenvalue weighted by atomic mass is 10.1. The maximum atomic E-state index is 14.0. The van der Waals surface area contributed by atoms with E-state index in [4.69, 9.17) is 4.74 Å². The minimum absolute atomic E-state index is 0.00776. The Bertz CT molecular complexity index is 1510. The van der Waals surface area contributed by atoms with Crippen LogP contribution < -0.4 is 10.2 Å². The van der Waals surface area contributed by atoms with Gasteiger partial charge in [-0.15, -0.1) is 11.3 Å². The number of sulfone groups is 1. The molecule has 1 saturated heterocycles. The molecule has 2 N–H and O–H groups in total. The summed E-state index contributed by atoms with van der Waals surface area (Å²) in [6.45, 7) is 7.41. The number of aliphatic hydroxyl groups is 1. The first-order valence-corrected chi connectivity index (χ1v) is 15.8. The first kappa shape index (κ1) is 29.7. The van der Waals surface area contributed by atoms with Crippen molar-refractivity contribution in [1.82, 2.24) is 14.9 Å². The number of piperazine rings is 1. The topological polar surface area (TPSA) is 108 Å². The largest absolute Gasteiger partial charge is 0.420 e. The van der Waals surface area contributed by atoms with Crippen molar-refractivity contribution >= 4 is 38.5 Å². The van der Waals surface area contributed by atoms with Gasteiger partial charge in [-0.1, -0.05) is 6.92 Å². The Morgan fingerprint density at radius 2 is 2.05 bits per heavy atom. The highest BCUT2D eigenvalue weighted by molar-refractivity contribution is 7.91. The highest BCUT2D eigenvalue weighted by atomic mass is 32.2. The zero-order chi connectivity index (χ0) is 29.4. The smallest absolute Gasteiger partial charge is 0.395 e. The van der Waals surface area contributed by atoms with Crippen LogP contribution in [0.15, 0.2) is 35.4 Å². The lowest BCUT2D eigenvalue weighted by Crippen LogP contribution is -2.52. The lowest BCUT2D eigenvalue weighted by molar-refractivity contribution is -0.137. The molecule has 2 aliphatic rings.